The molecule has 0 spiro atoms. The van der Waals surface area contributed by atoms with Crippen LogP contribution in [-0.2, 0) is 4.79 Å². The Labute approximate surface area is 111 Å². The molecule has 90 valence electrons. The molecule has 0 N–H and O–H groups in total. The third kappa shape index (κ3) is 2.27. The highest BCUT2D eigenvalue weighted by Crippen LogP contribution is 2.51. The van der Waals surface area contributed by atoms with E-state index < -0.39 is 0 Å². The lowest BCUT2D eigenvalue weighted by Gasteiger charge is -2.44. The molecule has 0 unspecified atom stereocenters. The second-order valence-electron chi connectivity index (χ2n) is 5.10. The van der Waals surface area contributed by atoms with Gasteiger partial charge in [-0.1, -0.05) is 67.4 Å². The summed E-state index contributed by atoms with van der Waals surface area (Å²) >= 11 is 11.9. The van der Waals surface area contributed by atoms with Crippen LogP contribution in [0.25, 0.3) is 5.57 Å². The van der Waals surface area contributed by atoms with E-state index in [-0.39, 0.29) is 21.6 Å². The maximum Gasteiger partial charge on any atom is 0.141 e. The van der Waals surface area contributed by atoms with E-state index in [0.717, 1.165) is 11.1 Å². The molecule has 2 rings (SSSR count). The number of Topliss-reactive ketones (excluding diaryl/α,β-unsaturated/α-hetero) is 1. The fraction of sp³-hybridized carbons (Fsp3) is 0.357. The second kappa shape index (κ2) is 4.47. The predicted molar refractivity (Wildman–Crippen MR) is 72.0 cm³/mol. The zero-order chi connectivity index (χ0) is 12.6. The van der Waals surface area contributed by atoms with Gasteiger partial charge in [-0.05, 0) is 11.0 Å². The largest absolute Gasteiger partial charge is 0.299 e. The molecule has 0 aliphatic heterocycles. The summed E-state index contributed by atoms with van der Waals surface area (Å²) in [5.41, 5.74) is 1.63. The summed E-state index contributed by atoms with van der Waals surface area (Å²) in [4.78, 5) is 11.8. The van der Waals surface area contributed by atoms with E-state index >= 15 is 0 Å². The van der Waals surface area contributed by atoms with Gasteiger partial charge in [-0.2, -0.15) is 0 Å². The zero-order valence-corrected chi connectivity index (χ0v) is 11.3. The second-order valence-corrected chi connectivity index (χ2v) is 6.05. The smallest absolute Gasteiger partial charge is 0.141 e. The Morgan fingerprint density at radius 1 is 1.24 bits per heavy atom. The SMILES string of the molecule is CC1(C)CC(=O)[C@@H]1C(=C(Cl)Cl)c1ccccc1. The van der Waals surface area contributed by atoms with Gasteiger partial charge in [0.2, 0.25) is 0 Å². The summed E-state index contributed by atoms with van der Waals surface area (Å²) in [7, 11) is 0. The lowest BCUT2D eigenvalue weighted by molar-refractivity contribution is -0.135. The molecule has 1 aliphatic carbocycles. The molecule has 0 radical (unpaired) electrons. The Bertz CT molecular complexity index is 470. The Morgan fingerprint density at radius 3 is 2.24 bits per heavy atom. The van der Waals surface area contributed by atoms with Crippen molar-refractivity contribution in [2.45, 2.75) is 20.3 Å². The van der Waals surface area contributed by atoms with Crippen molar-refractivity contribution in [1.82, 2.24) is 0 Å². The highest BCUT2D eigenvalue weighted by molar-refractivity contribution is 6.58. The van der Waals surface area contributed by atoms with Gasteiger partial charge in [0, 0.05) is 12.0 Å². The summed E-state index contributed by atoms with van der Waals surface area (Å²) in [5.74, 6) is 0.0301. The minimum Gasteiger partial charge on any atom is -0.299 e. The van der Waals surface area contributed by atoms with Crippen LogP contribution in [0.1, 0.15) is 25.8 Å². The van der Waals surface area contributed by atoms with E-state index in [2.05, 4.69) is 13.8 Å². The van der Waals surface area contributed by atoms with Gasteiger partial charge >= 0.3 is 0 Å². The molecule has 1 atom stereocenters. The predicted octanol–water partition coefficient (Wildman–Crippen LogP) is 4.45. The lowest BCUT2D eigenvalue weighted by atomic mass is 9.58. The fourth-order valence-corrected chi connectivity index (χ4v) is 2.95. The Kier molecular flexibility index (Phi) is 3.33. The molecular weight excluding hydrogens is 255 g/mol. The maximum atomic E-state index is 11.8. The van der Waals surface area contributed by atoms with E-state index in [1.165, 1.54) is 0 Å². The Hall–Kier alpha value is -0.790. The van der Waals surface area contributed by atoms with E-state index in [9.17, 15) is 4.79 Å². The van der Waals surface area contributed by atoms with Crippen LogP contribution >= 0.6 is 23.2 Å². The number of benzene rings is 1. The molecule has 3 heteroatoms. The molecule has 1 saturated carbocycles. The van der Waals surface area contributed by atoms with Crippen molar-refractivity contribution >= 4 is 34.6 Å². The van der Waals surface area contributed by atoms with Gasteiger partial charge in [-0.3, -0.25) is 4.79 Å². The van der Waals surface area contributed by atoms with Crippen molar-refractivity contribution in [3.63, 3.8) is 0 Å². The zero-order valence-electron chi connectivity index (χ0n) is 9.84. The van der Waals surface area contributed by atoms with Gasteiger partial charge in [-0.15, -0.1) is 0 Å². The van der Waals surface area contributed by atoms with Crippen molar-refractivity contribution in [1.29, 1.82) is 0 Å². The molecule has 0 bridgehead atoms. The number of hydrogen-bond donors (Lipinski definition) is 0. The average Bonchev–Trinajstić information content (AvgIpc) is 2.25. The highest BCUT2D eigenvalue weighted by atomic mass is 35.5. The topological polar surface area (TPSA) is 17.1 Å². The fourth-order valence-electron chi connectivity index (χ4n) is 2.51. The molecule has 1 aromatic rings. The summed E-state index contributed by atoms with van der Waals surface area (Å²) in [6.45, 7) is 4.14. The molecule has 1 aliphatic rings. The standard InChI is InChI=1S/C14H14Cl2O/c1-14(2)8-10(17)12(14)11(13(15)16)9-6-4-3-5-7-9/h3-7,12H,8H2,1-2H3/t12-/m1/s1. The first-order valence-corrected chi connectivity index (χ1v) is 6.32. The van der Waals surface area contributed by atoms with Crippen LogP contribution in [0.2, 0.25) is 0 Å². The molecule has 0 aromatic heterocycles. The van der Waals surface area contributed by atoms with E-state index in [4.69, 9.17) is 23.2 Å². The van der Waals surface area contributed by atoms with Crippen molar-refractivity contribution in [3.8, 4) is 0 Å². The quantitative estimate of drug-likeness (QED) is 0.775. The Balaban J connectivity index is 2.46. The summed E-state index contributed by atoms with van der Waals surface area (Å²) in [5, 5.41) is 0. The molecule has 17 heavy (non-hydrogen) atoms. The minimum atomic E-state index is -0.185. The van der Waals surface area contributed by atoms with Crippen molar-refractivity contribution in [2.24, 2.45) is 11.3 Å². The van der Waals surface area contributed by atoms with E-state index in [1.807, 2.05) is 30.3 Å². The van der Waals surface area contributed by atoms with Crippen LogP contribution < -0.4 is 0 Å². The van der Waals surface area contributed by atoms with Crippen LogP contribution in [0.3, 0.4) is 0 Å². The number of allylic oxidation sites excluding steroid dienone is 1. The van der Waals surface area contributed by atoms with Gasteiger partial charge in [0.15, 0.2) is 0 Å². The first-order chi connectivity index (χ1) is 7.93. The third-order valence-corrected chi connectivity index (χ3v) is 3.72. The lowest BCUT2D eigenvalue weighted by Crippen LogP contribution is -2.45. The maximum absolute atomic E-state index is 11.8. The highest BCUT2D eigenvalue weighted by Gasteiger charge is 2.49. The first-order valence-electron chi connectivity index (χ1n) is 5.57. The van der Waals surface area contributed by atoms with Gasteiger partial charge in [-0.25, -0.2) is 0 Å². The molecule has 1 aromatic carbocycles. The Morgan fingerprint density at radius 2 is 1.82 bits per heavy atom. The number of rotatable bonds is 2. The number of hydrogen-bond acceptors (Lipinski definition) is 1. The van der Waals surface area contributed by atoms with Crippen molar-refractivity contribution < 1.29 is 4.79 Å². The van der Waals surface area contributed by atoms with Gasteiger partial charge in [0.1, 0.15) is 10.3 Å². The number of halogens is 2. The van der Waals surface area contributed by atoms with Gasteiger partial charge < -0.3 is 0 Å². The third-order valence-electron chi connectivity index (χ3n) is 3.31. The van der Waals surface area contributed by atoms with Gasteiger partial charge in [0.25, 0.3) is 0 Å². The summed E-state index contributed by atoms with van der Waals surface area (Å²) in [6.07, 6.45) is 0.592. The van der Waals surface area contributed by atoms with Gasteiger partial charge in [0.05, 0.1) is 5.92 Å². The van der Waals surface area contributed by atoms with E-state index in [1.54, 1.807) is 0 Å². The van der Waals surface area contributed by atoms with Crippen LogP contribution in [0.15, 0.2) is 34.8 Å². The average molecular weight is 269 g/mol. The first kappa shape index (κ1) is 12.7. The number of carbonyl (C=O) groups is 1. The monoisotopic (exact) mass is 268 g/mol. The van der Waals surface area contributed by atoms with Crippen molar-refractivity contribution in [2.75, 3.05) is 0 Å². The van der Waals surface area contributed by atoms with Crippen LogP contribution in [0.4, 0.5) is 0 Å². The van der Waals surface area contributed by atoms with Crippen LogP contribution in [0.5, 0.6) is 0 Å². The molecule has 1 nitrogen and oxygen atoms in total. The normalized spacial score (nSPS) is 21.9. The molecule has 0 heterocycles. The molecule has 0 amide bonds. The van der Waals surface area contributed by atoms with Crippen LogP contribution in [-0.4, -0.2) is 5.78 Å². The number of carbonyl (C=O) groups excluding carboxylic acids is 1. The summed E-state index contributed by atoms with van der Waals surface area (Å²) < 4.78 is 0.197. The minimum absolute atomic E-state index is 0.0582. The van der Waals surface area contributed by atoms with E-state index in [0.29, 0.717) is 6.42 Å². The molecule has 1 fully saturated rings. The number of ketones is 1. The molecular formula is C14H14Cl2O. The summed E-state index contributed by atoms with van der Waals surface area (Å²) in [6, 6.07) is 9.63. The van der Waals surface area contributed by atoms with Crippen LogP contribution in [0, 0.1) is 11.3 Å². The van der Waals surface area contributed by atoms with Crippen molar-refractivity contribution in [3.05, 3.63) is 40.4 Å². The molecule has 0 saturated heterocycles.